The molecule has 0 atom stereocenters. The third kappa shape index (κ3) is 4.07. The van der Waals surface area contributed by atoms with E-state index in [1.807, 2.05) is 0 Å². The molecule has 0 unspecified atom stereocenters. The van der Waals surface area contributed by atoms with E-state index in [9.17, 15) is 9.59 Å². The van der Waals surface area contributed by atoms with Gasteiger partial charge in [0.15, 0.2) is 12.9 Å². The summed E-state index contributed by atoms with van der Waals surface area (Å²) < 4.78 is 15.5. The van der Waals surface area contributed by atoms with Crippen LogP contribution in [0.25, 0.3) is 0 Å². The molecule has 5 nitrogen and oxygen atoms in total. The van der Waals surface area contributed by atoms with Crippen molar-refractivity contribution in [3.63, 3.8) is 0 Å². The Labute approximate surface area is 122 Å². The van der Waals surface area contributed by atoms with Gasteiger partial charge in [0.2, 0.25) is 0 Å². The first-order valence-electron chi connectivity index (χ1n) is 6.24. The minimum Gasteiger partial charge on any atom is -0.497 e. The highest BCUT2D eigenvalue weighted by molar-refractivity contribution is 5.82. The zero-order valence-corrected chi connectivity index (χ0v) is 11.4. The molecule has 0 fully saturated rings. The molecule has 2 rings (SSSR count). The second-order valence-corrected chi connectivity index (χ2v) is 4.10. The molecule has 0 aromatic heterocycles. The third-order valence-electron chi connectivity index (χ3n) is 2.67. The molecule has 0 spiro atoms. The van der Waals surface area contributed by atoms with Gasteiger partial charge in [-0.15, -0.1) is 0 Å². The van der Waals surface area contributed by atoms with Crippen LogP contribution in [0.5, 0.6) is 17.2 Å². The molecule has 0 bridgehead atoms. The maximum atomic E-state index is 11.7. The van der Waals surface area contributed by atoms with Crippen molar-refractivity contribution in [1.29, 1.82) is 0 Å². The number of benzene rings is 2. The van der Waals surface area contributed by atoms with Gasteiger partial charge >= 0.3 is 5.97 Å². The third-order valence-corrected chi connectivity index (χ3v) is 2.67. The predicted octanol–water partition coefficient (Wildman–Crippen LogP) is 2.49. The monoisotopic (exact) mass is 286 g/mol. The van der Waals surface area contributed by atoms with Gasteiger partial charge in [-0.05, 0) is 24.3 Å². The lowest BCUT2D eigenvalue weighted by Gasteiger charge is -2.08. The fourth-order valence-corrected chi connectivity index (χ4v) is 1.66. The van der Waals surface area contributed by atoms with Crippen molar-refractivity contribution >= 4 is 12.3 Å². The Hall–Kier alpha value is -2.82. The van der Waals surface area contributed by atoms with Crippen molar-refractivity contribution in [2.75, 3.05) is 13.7 Å². The van der Waals surface area contributed by atoms with Crippen LogP contribution in [0.2, 0.25) is 0 Å². The lowest BCUT2D eigenvalue weighted by molar-refractivity contribution is -0.136. The summed E-state index contributed by atoms with van der Waals surface area (Å²) in [5.74, 6) is 0.751. The number of ether oxygens (including phenoxy) is 3. The van der Waals surface area contributed by atoms with Crippen LogP contribution in [-0.2, 0) is 4.79 Å². The summed E-state index contributed by atoms with van der Waals surface area (Å²) in [4.78, 5) is 22.5. The summed E-state index contributed by atoms with van der Waals surface area (Å²) in [7, 11) is 1.55. The lowest BCUT2D eigenvalue weighted by Crippen LogP contribution is -2.18. The molecule has 0 aliphatic rings. The molecular formula is C16H14O5. The smallest absolute Gasteiger partial charge is 0.349 e. The summed E-state index contributed by atoms with van der Waals surface area (Å²) >= 11 is 0. The van der Waals surface area contributed by atoms with E-state index in [0.717, 1.165) is 0 Å². The Morgan fingerprint density at radius 3 is 2.62 bits per heavy atom. The fourth-order valence-electron chi connectivity index (χ4n) is 1.66. The Morgan fingerprint density at radius 1 is 1.10 bits per heavy atom. The first-order chi connectivity index (χ1) is 10.2. The van der Waals surface area contributed by atoms with Gasteiger partial charge in [-0.2, -0.15) is 0 Å². The molecule has 0 heterocycles. The van der Waals surface area contributed by atoms with E-state index in [4.69, 9.17) is 14.2 Å². The molecule has 21 heavy (non-hydrogen) atoms. The average Bonchev–Trinajstić information content (AvgIpc) is 2.53. The van der Waals surface area contributed by atoms with E-state index in [0.29, 0.717) is 23.3 Å². The van der Waals surface area contributed by atoms with Crippen LogP contribution in [0.3, 0.4) is 0 Å². The van der Waals surface area contributed by atoms with Gasteiger partial charge in [-0.3, -0.25) is 4.79 Å². The maximum Gasteiger partial charge on any atom is 0.349 e. The molecule has 0 aliphatic heterocycles. The van der Waals surface area contributed by atoms with Gasteiger partial charge in [0.1, 0.15) is 17.2 Å². The predicted molar refractivity (Wildman–Crippen MR) is 76.0 cm³/mol. The van der Waals surface area contributed by atoms with E-state index in [-0.39, 0.29) is 12.4 Å². The van der Waals surface area contributed by atoms with Crippen molar-refractivity contribution in [2.45, 2.75) is 0 Å². The first-order valence-corrected chi connectivity index (χ1v) is 6.24. The number of carbonyl (C=O) groups is 2. The molecule has 0 N–H and O–H groups in total. The van der Waals surface area contributed by atoms with Gasteiger partial charge in [-0.25, -0.2) is 4.79 Å². The van der Waals surface area contributed by atoms with E-state index >= 15 is 0 Å². The number of aldehydes is 1. The number of para-hydroxylation sites is 1. The fraction of sp³-hybridized carbons (Fsp3) is 0.125. The van der Waals surface area contributed by atoms with Crippen molar-refractivity contribution < 1.29 is 23.8 Å². The average molecular weight is 286 g/mol. The highest BCUT2D eigenvalue weighted by Crippen LogP contribution is 2.19. The minimum atomic E-state index is -0.591. The van der Waals surface area contributed by atoms with Gasteiger partial charge in [0, 0.05) is 6.07 Å². The Bertz CT molecular complexity index is 636. The maximum absolute atomic E-state index is 11.7. The van der Waals surface area contributed by atoms with Crippen LogP contribution in [0, 0.1) is 0 Å². The van der Waals surface area contributed by atoms with Gasteiger partial charge in [-0.1, -0.05) is 18.2 Å². The van der Waals surface area contributed by atoms with Crippen LogP contribution >= 0.6 is 0 Å². The number of rotatable bonds is 6. The van der Waals surface area contributed by atoms with Gasteiger partial charge in [0.25, 0.3) is 0 Å². The zero-order valence-electron chi connectivity index (χ0n) is 11.4. The SMILES string of the molecule is COc1cccc(OCC(=O)Oc2ccccc2C=O)c1. The zero-order chi connectivity index (χ0) is 15.1. The Kier molecular flexibility index (Phi) is 4.93. The van der Waals surface area contributed by atoms with Crippen molar-refractivity contribution in [1.82, 2.24) is 0 Å². The standard InChI is InChI=1S/C16H14O5/c1-19-13-6-4-7-14(9-13)20-11-16(18)21-15-8-3-2-5-12(15)10-17/h2-10H,11H2,1H3. The summed E-state index contributed by atoms with van der Waals surface area (Å²) in [5.41, 5.74) is 0.312. The number of hydrogen-bond donors (Lipinski definition) is 0. The largest absolute Gasteiger partial charge is 0.497 e. The number of carbonyl (C=O) groups excluding carboxylic acids is 2. The molecule has 2 aromatic rings. The van der Waals surface area contributed by atoms with Crippen LogP contribution in [0.1, 0.15) is 10.4 Å². The van der Waals surface area contributed by atoms with Crippen LogP contribution < -0.4 is 14.2 Å². The molecular weight excluding hydrogens is 272 g/mol. The highest BCUT2D eigenvalue weighted by Gasteiger charge is 2.09. The summed E-state index contributed by atoms with van der Waals surface area (Å²) in [5, 5.41) is 0. The molecule has 0 radical (unpaired) electrons. The van der Waals surface area contributed by atoms with Gasteiger partial charge < -0.3 is 14.2 Å². The van der Waals surface area contributed by atoms with Crippen LogP contribution in [0.15, 0.2) is 48.5 Å². The van der Waals surface area contributed by atoms with E-state index in [1.165, 1.54) is 0 Å². The van der Waals surface area contributed by atoms with E-state index < -0.39 is 5.97 Å². The minimum absolute atomic E-state index is 0.215. The highest BCUT2D eigenvalue weighted by atomic mass is 16.6. The number of esters is 1. The lowest BCUT2D eigenvalue weighted by atomic mass is 10.2. The van der Waals surface area contributed by atoms with Crippen LogP contribution in [0.4, 0.5) is 0 Å². The quantitative estimate of drug-likeness (QED) is 0.464. The summed E-state index contributed by atoms with van der Waals surface area (Å²) in [6, 6.07) is 13.4. The molecule has 5 heteroatoms. The topological polar surface area (TPSA) is 61.8 Å². The van der Waals surface area contributed by atoms with Crippen LogP contribution in [-0.4, -0.2) is 26.0 Å². The molecule has 108 valence electrons. The molecule has 2 aromatic carbocycles. The number of methoxy groups -OCH3 is 1. The van der Waals surface area contributed by atoms with E-state index in [2.05, 4.69) is 0 Å². The second kappa shape index (κ2) is 7.09. The summed E-state index contributed by atoms with van der Waals surface area (Å²) in [6.07, 6.45) is 0.630. The van der Waals surface area contributed by atoms with Gasteiger partial charge in [0.05, 0.1) is 12.7 Å². The molecule has 0 amide bonds. The Balaban J connectivity index is 1.94. The first kappa shape index (κ1) is 14.6. The van der Waals surface area contributed by atoms with E-state index in [1.54, 1.807) is 55.6 Å². The number of hydrogen-bond acceptors (Lipinski definition) is 5. The normalized spacial score (nSPS) is 9.76. The van der Waals surface area contributed by atoms with Crippen molar-refractivity contribution in [3.05, 3.63) is 54.1 Å². The van der Waals surface area contributed by atoms with Crippen molar-refractivity contribution in [3.8, 4) is 17.2 Å². The molecule has 0 saturated heterocycles. The summed E-state index contributed by atoms with van der Waals surface area (Å²) in [6.45, 7) is -0.264. The van der Waals surface area contributed by atoms with Crippen molar-refractivity contribution in [2.24, 2.45) is 0 Å². The Morgan fingerprint density at radius 2 is 1.86 bits per heavy atom. The second-order valence-electron chi connectivity index (χ2n) is 4.10. The molecule has 0 saturated carbocycles. The molecule has 0 aliphatic carbocycles.